The molecule has 0 radical (unpaired) electrons. The third-order valence-electron chi connectivity index (χ3n) is 6.68. The highest BCUT2D eigenvalue weighted by atomic mass is 14.9. The molecule has 2 N–H and O–H groups in total. The van der Waals surface area contributed by atoms with Crippen molar-refractivity contribution in [3.63, 3.8) is 0 Å². The van der Waals surface area contributed by atoms with Crippen molar-refractivity contribution in [2.75, 3.05) is 0 Å². The fourth-order valence-corrected chi connectivity index (χ4v) is 5.88. The van der Waals surface area contributed by atoms with Crippen molar-refractivity contribution in [3.8, 4) is 0 Å². The molecule has 0 aromatic heterocycles. The van der Waals surface area contributed by atoms with Crippen molar-refractivity contribution in [3.05, 3.63) is 35.9 Å². The van der Waals surface area contributed by atoms with Gasteiger partial charge in [-0.15, -0.1) is 0 Å². The molecule has 4 rings (SSSR count). The van der Waals surface area contributed by atoms with Gasteiger partial charge in [0, 0.05) is 5.54 Å². The number of hydrogen-bond donors (Lipinski definition) is 1. The van der Waals surface area contributed by atoms with Crippen LogP contribution in [0, 0.1) is 17.3 Å². The molecule has 102 valence electrons. The van der Waals surface area contributed by atoms with Crippen LogP contribution in [0.15, 0.2) is 30.3 Å². The second-order valence-corrected chi connectivity index (χ2v) is 7.16. The molecule has 3 saturated carbocycles. The largest absolute Gasteiger partial charge is 0.321 e. The van der Waals surface area contributed by atoms with Crippen molar-refractivity contribution in [2.24, 2.45) is 23.0 Å². The van der Waals surface area contributed by atoms with E-state index >= 15 is 0 Å². The van der Waals surface area contributed by atoms with Gasteiger partial charge in [-0.25, -0.2) is 0 Å². The summed E-state index contributed by atoms with van der Waals surface area (Å²) < 4.78 is 0. The monoisotopic (exact) mass is 255 g/mol. The molecular formula is C18H25N. The van der Waals surface area contributed by atoms with Crippen LogP contribution in [0.5, 0.6) is 0 Å². The van der Waals surface area contributed by atoms with Gasteiger partial charge in [0.2, 0.25) is 0 Å². The van der Waals surface area contributed by atoms with Crippen LogP contribution >= 0.6 is 0 Å². The van der Waals surface area contributed by atoms with Crippen LogP contribution in [0.2, 0.25) is 0 Å². The van der Waals surface area contributed by atoms with Crippen molar-refractivity contribution in [2.45, 2.75) is 56.9 Å². The Hall–Kier alpha value is -0.820. The second-order valence-electron chi connectivity index (χ2n) is 7.16. The number of benzene rings is 1. The topological polar surface area (TPSA) is 26.0 Å². The molecule has 0 aliphatic heterocycles. The highest BCUT2D eigenvalue weighted by molar-refractivity contribution is 5.33. The first-order valence-corrected chi connectivity index (χ1v) is 8.12. The van der Waals surface area contributed by atoms with Gasteiger partial charge in [0.15, 0.2) is 0 Å². The van der Waals surface area contributed by atoms with Crippen LogP contribution in [0.1, 0.15) is 56.9 Å². The van der Waals surface area contributed by atoms with Crippen LogP contribution < -0.4 is 5.73 Å². The summed E-state index contributed by atoms with van der Waals surface area (Å²) in [4.78, 5) is 0. The summed E-state index contributed by atoms with van der Waals surface area (Å²) in [7, 11) is 0. The van der Waals surface area contributed by atoms with E-state index in [1.165, 1.54) is 56.9 Å². The first-order chi connectivity index (χ1) is 9.27. The maximum absolute atomic E-state index is 7.18. The quantitative estimate of drug-likeness (QED) is 0.799. The Morgan fingerprint density at radius 3 is 2.32 bits per heavy atom. The standard InChI is InChI=1S/C18H25N/c19-18(14-7-3-1-4-8-14)16-10-9-15(13-16)17(18)11-5-2-6-12-17/h1,3-4,7-8,15-16H,2,5-6,9-13,19H2/t15-,16+,18-/m0/s1. The molecule has 1 aromatic rings. The molecule has 0 unspecified atom stereocenters. The maximum Gasteiger partial charge on any atom is 0.0497 e. The van der Waals surface area contributed by atoms with E-state index in [1.54, 1.807) is 0 Å². The van der Waals surface area contributed by atoms with E-state index in [1.807, 2.05) is 0 Å². The molecule has 1 spiro atoms. The number of fused-ring (bicyclic) bond motifs is 3. The summed E-state index contributed by atoms with van der Waals surface area (Å²) >= 11 is 0. The predicted octanol–water partition coefficient (Wildman–Crippen LogP) is 4.22. The number of hydrogen-bond acceptors (Lipinski definition) is 1. The molecule has 0 saturated heterocycles. The fraction of sp³-hybridized carbons (Fsp3) is 0.667. The zero-order chi connectivity index (χ0) is 12.9. The minimum Gasteiger partial charge on any atom is -0.321 e. The molecular weight excluding hydrogens is 230 g/mol. The third kappa shape index (κ3) is 1.40. The van der Waals surface area contributed by atoms with Gasteiger partial charge in [0.1, 0.15) is 0 Å². The van der Waals surface area contributed by atoms with Gasteiger partial charge in [0.25, 0.3) is 0 Å². The van der Waals surface area contributed by atoms with Crippen molar-refractivity contribution >= 4 is 0 Å². The molecule has 3 atom stereocenters. The summed E-state index contributed by atoms with van der Waals surface area (Å²) in [5.74, 6) is 1.64. The van der Waals surface area contributed by atoms with Crippen molar-refractivity contribution in [1.29, 1.82) is 0 Å². The highest BCUT2D eigenvalue weighted by Crippen LogP contribution is 2.69. The SMILES string of the molecule is N[C@@]1(c2ccccc2)[C@@H]2CC[C@@H](C2)C12CCCCC2. The average Bonchev–Trinajstić information content (AvgIpc) is 3.04. The van der Waals surface area contributed by atoms with Crippen LogP contribution in [0.25, 0.3) is 0 Å². The molecule has 3 aliphatic rings. The minimum absolute atomic E-state index is 0.0302. The van der Waals surface area contributed by atoms with Crippen LogP contribution in [0.3, 0.4) is 0 Å². The Morgan fingerprint density at radius 1 is 0.895 bits per heavy atom. The first-order valence-electron chi connectivity index (χ1n) is 8.12. The van der Waals surface area contributed by atoms with Gasteiger partial charge >= 0.3 is 0 Å². The highest BCUT2D eigenvalue weighted by Gasteiger charge is 2.65. The molecule has 2 bridgehead atoms. The van der Waals surface area contributed by atoms with Gasteiger partial charge in [-0.05, 0) is 54.9 Å². The fourth-order valence-electron chi connectivity index (χ4n) is 5.88. The van der Waals surface area contributed by atoms with E-state index in [0.29, 0.717) is 5.41 Å². The van der Waals surface area contributed by atoms with Crippen LogP contribution in [-0.2, 0) is 5.54 Å². The normalized spacial score (nSPS) is 39.8. The van der Waals surface area contributed by atoms with E-state index in [2.05, 4.69) is 30.3 Å². The molecule has 1 aromatic carbocycles. The smallest absolute Gasteiger partial charge is 0.0497 e. The molecule has 1 nitrogen and oxygen atoms in total. The summed E-state index contributed by atoms with van der Waals surface area (Å²) in [6.07, 6.45) is 11.2. The van der Waals surface area contributed by atoms with Crippen molar-refractivity contribution in [1.82, 2.24) is 0 Å². The molecule has 19 heavy (non-hydrogen) atoms. The Bertz CT molecular complexity index is 460. The van der Waals surface area contributed by atoms with E-state index in [4.69, 9.17) is 5.73 Å². The summed E-state index contributed by atoms with van der Waals surface area (Å²) in [5.41, 5.74) is 8.99. The van der Waals surface area contributed by atoms with Gasteiger partial charge in [-0.2, -0.15) is 0 Å². The molecule has 0 heterocycles. The van der Waals surface area contributed by atoms with Gasteiger partial charge in [-0.3, -0.25) is 0 Å². The van der Waals surface area contributed by atoms with Gasteiger partial charge in [-0.1, -0.05) is 49.6 Å². The maximum atomic E-state index is 7.18. The first kappa shape index (κ1) is 12.0. The lowest BCUT2D eigenvalue weighted by atomic mass is 9.53. The Balaban J connectivity index is 1.84. The number of rotatable bonds is 1. The predicted molar refractivity (Wildman–Crippen MR) is 78.7 cm³/mol. The summed E-state index contributed by atoms with van der Waals surface area (Å²) in [6.45, 7) is 0. The van der Waals surface area contributed by atoms with E-state index in [-0.39, 0.29) is 5.54 Å². The summed E-state index contributed by atoms with van der Waals surface area (Å²) in [5, 5.41) is 0. The third-order valence-corrected chi connectivity index (χ3v) is 6.68. The lowest BCUT2D eigenvalue weighted by Gasteiger charge is -2.54. The van der Waals surface area contributed by atoms with Crippen molar-refractivity contribution < 1.29 is 0 Å². The van der Waals surface area contributed by atoms with E-state index < -0.39 is 0 Å². The zero-order valence-electron chi connectivity index (χ0n) is 11.8. The second kappa shape index (κ2) is 4.09. The lowest BCUT2D eigenvalue weighted by molar-refractivity contribution is 0.00619. The molecule has 3 aliphatic carbocycles. The minimum atomic E-state index is -0.0302. The Morgan fingerprint density at radius 2 is 1.58 bits per heavy atom. The Labute approximate surface area is 116 Å². The zero-order valence-corrected chi connectivity index (χ0v) is 11.8. The van der Waals surface area contributed by atoms with E-state index in [0.717, 1.165) is 11.8 Å². The molecule has 3 fully saturated rings. The van der Waals surface area contributed by atoms with Crippen LogP contribution in [-0.4, -0.2) is 0 Å². The van der Waals surface area contributed by atoms with E-state index in [9.17, 15) is 0 Å². The lowest BCUT2D eigenvalue weighted by Crippen LogP contribution is -2.57. The van der Waals surface area contributed by atoms with Gasteiger partial charge < -0.3 is 5.73 Å². The number of nitrogens with two attached hydrogens (primary N) is 1. The molecule has 0 amide bonds. The molecule has 1 heteroatoms. The Kier molecular flexibility index (Phi) is 2.57. The van der Waals surface area contributed by atoms with Gasteiger partial charge in [0.05, 0.1) is 0 Å². The van der Waals surface area contributed by atoms with Crippen LogP contribution in [0.4, 0.5) is 0 Å². The average molecular weight is 255 g/mol. The summed E-state index contributed by atoms with van der Waals surface area (Å²) in [6, 6.07) is 11.0.